The van der Waals surface area contributed by atoms with E-state index >= 15 is 0 Å². The van der Waals surface area contributed by atoms with Gasteiger partial charge in [0.2, 0.25) is 0 Å². The van der Waals surface area contributed by atoms with Gasteiger partial charge in [-0.3, -0.25) is 4.79 Å². The lowest BCUT2D eigenvalue weighted by Crippen LogP contribution is -2.46. The lowest BCUT2D eigenvalue weighted by molar-refractivity contribution is -0.146. The molecule has 1 aromatic rings. The number of nitrogens with two attached hydrogens (primary N) is 1. The molecule has 3 heteroatoms. The van der Waals surface area contributed by atoms with Crippen molar-refractivity contribution in [2.75, 3.05) is 7.11 Å². The number of hydrogen-bond donors (Lipinski definition) is 1. The van der Waals surface area contributed by atoms with Crippen molar-refractivity contribution in [2.24, 2.45) is 11.7 Å². The van der Waals surface area contributed by atoms with Crippen LogP contribution in [0.25, 0.3) is 0 Å². The van der Waals surface area contributed by atoms with Gasteiger partial charge in [0.25, 0.3) is 0 Å². The van der Waals surface area contributed by atoms with Crippen LogP contribution >= 0.6 is 0 Å². The molecule has 0 bridgehead atoms. The Kier molecular flexibility index (Phi) is 6.39. The van der Waals surface area contributed by atoms with Gasteiger partial charge in [0, 0.05) is 0 Å². The smallest absolute Gasteiger partial charge is 0.325 e. The first-order valence-electron chi connectivity index (χ1n) is 10.5. The Hall–Kier alpha value is -1.35. The fraction of sp³-hybridized carbons (Fsp3) is 0.696. The highest BCUT2D eigenvalue weighted by molar-refractivity contribution is 5.81. The van der Waals surface area contributed by atoms with Crippen LogP contribution < -0.4 is 5.73 Å². The van der Waals surface area contributed by atoms with Crippen LogP contribution in [0, 0.1) is 5.92 Å². The molecule has 3 unspecified atom stereocenters. The molecule has 0 amide bonds. The number of ether oxygens (including phenoxy) is 1. The second-order valence-electron chi connectivity index (χ2n) is 8.57. The molecule has 2 aliphatic carbocycles. The highest BCUT2D eigenvalue weighted by atomic mass is 16.5. The summed E-state index contributed by atoms with van der Waals surface area (Å²) in [5.74, 6) is 0.993. The summed E-state index contributed by atoms with van der Waals surface area (Å²) in [6.45, 7) is 2.28. The van der Waals surface area contributed by atoms with Gasteiger partial charge >= 0.3 is 5.97 Å². The lowest BCUT2D eigenvalue weighted by atomic mass is 9.79. The average molecular weight is 358 g/mol. The summed E-state index contributed by atoms with van der Waals surface area (Å²) >= 11 is 0. The van der Waals surface area contributed by atoms with Crippen molar-refractivity contribution in [1.82, 2.24) is 0 Å². The molecule has 3 atom stereocenters. The van der Waals surface area contributed by atoms with Crippen LogP contribution in [-0.2, 0) is 22.4 Å². The number of methoxy groups -OCH3 is 1. The number of rotatable bonds is 7. The number of carbonyl (C=O) groups is 1. The van der Waals surface area contributed by atoms with Gasteiger partial charge in [-0.1, -0.05) is 57.2 Å². The predicted molar refractivity (Wildman–Crippen MR) is 106 cm³/mol. The van der Waals surface area contributed by atoms with E-state index in [0.717, 1.165) is 18.8 Å². The minimum Gasteiger partial charge on any atom is -0.468 e. The standard InChI is InChI=1S/C23H35NO2/c1-3-4-5-6-7-17-8-9-19-15-20(11-10-18(19)14-17)21-12-13-23(24,16-21)22(25)26-2/h10-11,15,17,21H,3-9,12-14,16,24H2,1-2H3. The van der Waals surface area contributed by atoms with Crippen molar-refractivity contribution < 1.29 is 9.53 Å². The highest BCUT2D eigenvalue weighted by Gasteiger charge is 2.43. The molecule has 1 saturated carbocycles. The molecule has 26 heavy (non-hydrogen) atoms. The maximum atomic E-state index is 12.0. The van der Waals surface area contributed by atoms with Gasteiger partial charge in [0.05, 0.1) is 7.11 Å². The Bertz CT molecular complexity index is 627. The molecule has 0 aromatic heterocycles. The van der Waals surface area contributed by atoms with Crippen LogP contribution in [0.4, 0.5) is 0 Å². The van der Waals surface area contributed by atoms with E-state index in [1.54, 1.807) is 5.56 Å². The minimum absolute atomic E-state index is 0.260. The van der Waals surface area contributed by atoms with Crippen LogP contribution in [-0.4, -0.2) is 18.6 Å². The fourth-order valence-corrected chi connectivity index (χ4v) is 4.96. The summed E-state index contributed by atoms with van der Waals surface area (Å²) in [6, 6.07) is 7.03. The molecular formula is C23H35NO2. The van der Waals surface area contributed by atoms with E-state index in [9.17, 15) is 4.79 Å². The van der Waals surface area contributed by atoms with E-state index in [-0.39, 0.29) is 5.97 Å². The van der Waals surface area contributed by atoms with E-state index in [0.29, 0.717) is 12.3 Å². The first kappa shape index (κ1) is 19.4. The molecule has 1 fully saturated rings. The summed E-state index contributed by atoms with van der Waals surface area (Å²) in [5, 5.41) is 0. The molecule has 0 spiro atoms. The Morgan fingerprint density at radius 3 is 2.85 bits per heavy atom. The molecule has 1 aromatic carbocycles. The maximum absolute atomic E-state index is 12.0. The summed E-state index contributed by atoms with van der Waals surface area (Å²) in [4.78, 5) is 12.0. The summed E-state index contributed by atoms with van der Waals surface area (Å²) in [5.41, 5.74) is 9.93. The Morgan fingerprint density at radius 1 is 1.23 bits per heavy atom. The highest BCUT2D eigenvalue weighted by Crippen LogP contribution is 2.41. The number of esters is 1. The molecular weight excluding hydrogens is 322 g/mol. The maximum Gasteiger partial charge on any atom is 0.325 e. The Morgan fingerprint density at radius 2 is 2.08 bits per heavy atom. The van der Waals surface area contributed by atoms with Gasteiger partial charge < -0.3 is 10.5 Å². The van der Waals surface area contributed by atoms with E-state index in [2.05, 4.69) is 25.1 Å². The van der Waals surface area contributed by atoms with Crippen molar-refractivity contribution in [3.8, 4) is 0 Å². The van der Waals surface area contributed by atoms with Gasteiger partial charge in [-0.2, -0.15) is 0 Å². The molecule has 3 rings (SSSR count). The summed E-state index contributed by atoms with van der Waals surface area (Å²) < 4.78 is 4.91. The number of unbranched alkanes of at least 4 members (excludes halogenated alkanes) is 3. The zero-order chi connectivity index (χ0) is 18.6. The van der Waals surface area contributed by atoms with Crippen molar-refractivity contribution in [2.45, 2.75) is 89.0 Å². The zero-order valence-corrected chi connectivity index (χ0v) is 16.6. The molecule has 3 nitrogen and oxygen atoms in total. The lowest BCUT2D eigenvalue weighted by Gasteiger charge is -2.26. The minimum atomic E-state index is -0.793. The number of benzene rings is 1. The van der Waals surface area contributed by atoms with Crippen molar-refractivity contribution in [3.63, 3.8) is 0 Å². The molecule has 0 radical (unpaired) electrons. The van der Waals surface area contributed by atoms with Crippen LogP contribution in [0.3, 0.4) is 0 Å². The quantitative estimate of drug-likeness (QED) is 0.558. The molecule has 0 heterocycles. The Balaban J connectivity index is 1.60. The monoisotopic (exact) mass is 357 g/mol. The SMILES string of the molecule is CCCCCCC1CCc2cc(C3CCC(N)(C(=O)OC)C3)ccc2C1. The van der Waals surface area contributed by atoms with Crippen molar-refractivity contribution in [3.05, 3.63) is 34.9 Å². The first-order chi connectivity index (χ1) is 12.6. The second-order valence-corrected chi connectivity index (χ2v) is 8.57. The predicted octanol–water partition coefficient (Wildman–Crippen LogP) is 4.90. The van der Waals surface area contributed by atoms with Crippen LogP contribution in [0.5, 0.6) is 0 Å². The van der Waals surface area contributed by atoms with E-state index < -0.39 is 5.54 Å². The van der Waals surface area contributed by atoms with Gasteiger partial charge in [-0.15, -0.1) is 0 Å². The summed E-state index contributed by atoms with van der Waals surface area (Å²) in [6.07, 6.45) is 13.1. The molecule has 144 valence electrons. The van der Waals surface area contributed by atoms with Crippen LogP contribution in [0.15, 0.2) is 18.2 Å². The number of fused-ring (bicyclic) bond motifs is 1. The van der Waals surface area contributed by atoms with Crippen molar-refractivity contribution in [1.29, 1.82) is 0 Å². The van der Waals surface area contributed by atoms with Crippen LogP contribution in [0.1, 0.15) is 87.3 Å². The normalized spacial score (nSPS) is 28.0. The van der Waals surface area contributed by atoms with Crippen molar-refractivity contribution >= 4 is 5.97 Å². The van der Waals surface area contributed by atoms with E-state index in [4.69, 9.17) is 10.5 Å². The fourth-order valence-electron chi connectivity index (χ4n) is 4.96. The Labute approximate surface area is 158 Å². The van der Waals surface area contributed by atoms with Crippen LogP contribution in [0.2, 0.25) is 0 Å². The van der Waals surface area contributed by atoms with Gasteiger partial charge in [-0.05, 0) is 67.1 Å². The molecule has 0 saturated heterocycles. The number of aryl methyl sites for hydroxylation is 1. The van der Waals surface area contributed by atoms with Gasteiger partial charge in [0.1, 0.15) is 5.54 Å². The third-order valence-electron chi connectivity index (χ3n) is 6.64. The van der Waals surface area contributed by atoms with Gasteiger partial charge in [0.15, 0.2) is 0 Å². The first-order valence-corrected chi connectivity index (χ1v) is 10.5. The molecule has 0 aliphatic heterocycles. The molecule has 2 N–H and O–H groups in total. The topological polar surface area (TPSA) is 52.3 Å². The number of carbonyl (C=O) groups excluding carboxylic acids is 1. The van der Waals surface area contributed by atoms with E-state index in [1.807, 2.05) is 0 Å². The van der Waals surface area contributed by atoms with E-state index in [1.165, 1.54) is 69.6 Å². The third kappa shape index (κ3) is 4.31. The second kappa shape index (κ2) is 8.56. The zero-order valence-electron chi connectivity index (χ0n) is 16.6. The molecule has 2 aliphatic rings. The summed E-state index contributed by atoms with van der Waals surface area (Å²) in [7, 11) is 1.43. The number of hydrogen-bond acceptors (Lipinski definition) is 3. The van der Waals surface area contributed by atoms with Gasteiger partial charge in [-0.25, -0.2) is 0 Å². The average Bonchev–Trinajstić information content (AvgIpc) is 3.07. The largest absolute Gasteiger partial charge is 0.468 e. The third-order valence-corrected chi connectivity index (χ3v) is 6.64.